The molecule has 0 aliphatic heterocycles. The third-order valence-electron chi connectivity index (χ3n) is 3.51. The van der Waals surface area contributed by atoms with E-state index in [1.54, 1.807) is 30.5 Å². The number of nitrogens with one attached hydrogen (secondary N) is 2. The van der Waals surface area contributed by atoms with E-state index in [4.69, 9.17) is 5.11 Å². The summed E-state index contributed by atoms with van der Waals surface area (Å²) in [6.45, 7) is 0. The highest BCUT2D eigenvalue weighted by atomic mass is 16.4. The van der Waals surface area contributed by atoms with Crippen LogP contribution in [-0.2, 0) is 9.59 Å². The molecule has 2 atom stereocenters. The van der Waals surface area contributed by atoms with Gasteiger partial charge in [-0.25, -0.2) is 4.79 Å². The second-order valence-corrected chi connectivity index (χ2v) is 4.96. The maximum atomic E-state index is 11.8. The van der Waals surface area contributed by atoms with Crippen molar-refractivity contribution in [1.29, 1.82) is 0 Å². The van der Waals surface area contributed by atoms with Crippen molar-refractivity contribution in [2.24, 2.45) is 11.8 Å². The van der Waals surface area contributed by atoms with Crippen LogP contribution in [0.2, 0.25) is 0 Å². The number of carboxylic acids is 1. The van der Waals surface area contributed by atoms with Gasteiger partial charge >= 0.3 is 11.7 Å². The number of hydrogen-bond donors (Lipinski definition) is 3. The molecule has 108 valence electrons. The number of carbonyl (C=O) groups is 2. The number of amides is 1. The van der Waals surface area contributed by atoms with E-state index in [2.05, 4.69) is 10.3 Å². The average molecular weight is 287 g/mol. The molecule has 0 radical (unpaired) electrons. The number of carbonyl (C=O) groups excluding carboxylic acids is 1. The number of aromatic amines is 1. The molecule has 1 aliphatic rings. The molecule has 1 amide bonds. The Morgan fingerprint density at radius 3 is 2.48 bits per heavy atom. The molecule has 3 N–H and O–H groups in total. The third-order valence-corrected chi connectivity index (χ3v) is 3.51. The van der Waals surface area contributed by atoms with E-state index < -0.39 is 17.8 Å². The predicted octanol–water partition coefficient (Wildman–Crippen LogP) is 0.825. The van der Waals surface area contributed by atoms with Crippen LogP contribution in [0.3, 0.4) is 0 Å². The standard InChI is InChI=1S/C14H13N3O4/c18-12(10-7-11(10)13(19)20)16-8-1-3-9(4-2-8)17-6-5-15-14(17)21/h1-6,10-11H,7H2,(H,15,21)(H,16,18)(H,19,20)/t10-,11+/m1/s1. The number of aliphatic carboxylic acids is 1. The minimum Gasteiger partial charge on any atom is -0.481 e. The van der Waals surface area contributed by atoms with Crippen LogP contribution in [0.4, 0.5) is 5.69 Å². The number of hydrogen-bond acceptors (Lipinski definition) is 3. The summed E-state index contributed by atoms with van der Waals surface area (Å²) in [7, 11) is 0. The molecule has 3 rings (SSSR count). The van der Waals surface area contributed by atoms with Gasteiger partial charge in [0.25, 0.3) is 0 Å². The van der Waals surface area contributed by atoms with E-state index in [1.807, 2.05) is 0 Å². The monoisotopic (exact) mass is 287 g/mol. The fourth-order valence-corrected chi connectivity index (χ4v) is 2.22. The van der Waals surface area contributed by atoms with Gasteiger partial charge in [0, 0.05) is 18.1 Å². The van der Waals surface area contributed by atoms with Gasteiger partial charge in [-0.2, -0.15) is 0 Å². The van der Waals surface area contributed by atoms with Gasteiger partial charge in [-0.3, -0.25) is 14.2 Å². The zero-order chi connectivity index (χ0) is 15.0. The smallest absolute Gasteiger partial charge is 0.330 e. The molecular weight excluding hydrogens is 274 g/mol. The molecule has 21 heavy (non-hydrogen) atoms. The summed E-state index contributed by atoms with van der Waals surface area (Å²) in [5, 5.41) is 11.5. The molecule has 1 aromatic heterocycles. The van der Waals surface area contributed by atoms with Crippen LogP contribution in [0.1, 0.15) is 6.42 Å². The Morgan fingerprint density at radius 1 is 1.24 bits per heavy atom. The van der Waals surface area contributed by atoms with Gasteiger partial charge in [0.1, 0.15) is 0 Å². The Kier molecular flexibility index (Phi) is 3.09. The summed E-state index contributed by atoms with van der Waals surface area (Å²) in [5.41, 5.74) is 1.01. The highest BCUT2D eigenvalue weighted by molar-refractivity contribution is 5.98. The maximum Gasteiger partial charge on any atom is 0.330 e. The number of benzene rings is 1. The van der Waals surface area contributed by atoms with E-state index in [0.717, 1.165) is 0 Å². The molecule has 1 heterocycles. The molecule has 7 nitrogen and oxygen atoms in total. The summed E-state index contributed by atoms with van der Waals surface area (Å²) < 4.78 is 1.44. The van der Waals surface area contributed by atoms with E-state index in [0.29, 0.717) is 17.8 Å². The van der Waals surface area contributed by atoms with Crippen molar-refractivity contribution in [3.05, 3.63) is 47.1 Å². The molecule has 0 saturated heterocycles. The largest absolute Gasteiger partial charge is 0.481 e. The number of anilines is 1. The Hall–Kier alpha value is -2.83. The molecule has 2 aromatic rings. The molecule has 1 saturated carbocycles. The zero-order valence-electron chi connectivity index (χ0n) is 10.9. The number of rotatable bonds is 4. The average Bonchev–Trinajstić information content (AvgIpc) is 3.16. The van der Waals surface area contributed by atoms with Crippen molar-refractivity contribution in [3.8, 4) is 5.69 Å². The molecule has 7 heteroatoms. The highest BCUT2D eigenvalue weighted by Crippen LogP contribution is 2.39. The van der Waals surface area contributed by atoms with Gasteiger partial charge in [-0.1, -0.05) is 0 Å². The van der Waals surface area contributed by atoms with Crippen molar-refractivity contribution in [1.82, 2.24) is 9.55 Å². The third kappa shape index (κ3) is 2.58. The summed E-state index contributed by atoms with van der Waals surface area (Å²) >= 11 is 0. The number of nitrogens with zero attached hydrogens (tertiary/aromatic N) is 1. The van der Waals surface area contributed by atoms with Crippen molar-refractivity contribution < 1.29 is 14.7 Å². The molecule has 1 aromatic carbocycles. The minimum atomic E-state index is -0.933. The summed E-state index contributed by atoms with van der Waals surface area (Å²) in [4.78, 5) is 36.5. The second kappa shape index (κ2) is 4.93. The first-order valence-corrected chi connectivity index (χ1v) is 6.46. The fourth-order valence-electron chi connectivity index (χ4n) is 2.22. The summed E-state index contributed by atoms with van der Waals surface area (Å²) in [6, 6.07) is 6.74. The van der Waals surface area contributed by atoms with Crippen LogP contribution < -0.4 is 11.0 Å². The van der Waals surface area contributed by atoms with Gasteiger partial charge in [-0.15, -0.1) is 0 Å². The van der Waals surface area contributed by atoms with E-state index in [9.17, 15) is 14.4 Å². The van der Waals surface area contributed by atoms with Crippen LogP contribution in [0, 0.1) is 11.8 Å². The Balaban J connectivity index is 1.68. The van der Waals surface area contributed by atoms with Crippen LogP contribution in [0.15, 0.2) is 41.5 Å². The van der Waals surface area contributed by atoms with Crippen LogP contribution in [0.5, 0.6) is 0 Å². The molecular formula is C14H13N3O4. The Bertz CT molecular complexity index is 744. The van der Waals surface area contributed by atoms with Gasteiger partial charge in [0.15, 0.2) is 0 Å². The first-order valence-electron chi connectivity index (χ1n) is 6.46. The van der Waals surface area contributed by atoms with Crippen molar-refractivity contribution in [2.75, 3.05) is 5.32 Å². The van der Waals surface area contributed by atoms with Crippen LogP contribution in [0.25, 0.3) is 5.69 Å². The van der Waals surface area contributed by atoms with Crippen LogP contribution in [-0.4, -0.2) is 26.5 Å². The van der Waals surface area contributed by atoms with E-state index in [1.165, 1.54) is 10.8 Å². The van der Waals surface area contributed by atoms with Crippen LogP contribution >= 0.6 is 0 Å². The van der Waals surface area contributed by atoms with Gasteiger partial charge < -0.3 is 15.4 Å². The van der Waals surface area contributed by atoms with Gasteiger partial charge in [-0.05, 0) is 30.7 Å². The highest BCUT2D eigenvalue weighted by Gasteiger charge is 2.48. The lowest BCUT2D eigenvalue weighted by molar-refractivity contribution is -0.139. The summed E-state index contributed by atoms with van der Waals surface area (Å²) in [6.07, 6.45) is 3.53. The number of H-pyrrole nitrogens is 1. The van der Waals surface area contributed by atoms with Crippen molar-refractivity contribution >= 4 is 17.6 Å². The van der Waals surface area contributed by atoms with Gasteiger partial charge in [0.05, 0.1) is 17.5 Å². The topological polar surface area (TPSA) is 104 Å². The number of carboxylic acid groups (broad SMARTS) is 1. The summed E-state index contributed by atoms with van der Waals surface area (Å²) in [5.74, 6) is -2.23. The molecule has 1 fully saturated rings. The van der Waals surface area contributed by atoms with E-state index in [-0.39, 0.29) is 11.6 Å². The lowest BCUT2D eigenvalue weighted by atomic mass is 10.2. The molecule has 0 unspecified atom stereocenters. The maximum absolute atomic E-state index is 11.8. The normalized spacial score (nSPS) is 20.0. The lowest BCUT2D eigenvalue weighted by Gasteiger charge is -2.06. The zero-order valence-corrected chi connectivity index (χ0v) is 10.9. The minimum absolute atomic E-state index is 0.242. The van der Waals surface area contributed by atoms with Crippen molar-refractivity contribution in [2.45, 2.75) is 6.42 Å². The quantitative estimate of drug-likeness (QED) is 0.774. The van der Waals surface area contributed by atoms with Gasteiger partial charge in [0.2, 0.25) is 5.91 Å². The second-order valence-electron chi connectivity index (χ2n) is 4.96. The molecule has 1 aliphatic carbocycles. The number of aromatic nitrogens is 2. The SMILES string of the molecule is O=C(O)[C@H]1C[C@H]1C(=O)Nc1ccc(-n2cc[nH]c2=O)cc1. The Labute approximate surface area is 119 Å². The van der Waals surface area contributed by atoms with Crippen molar-refractivity contribution in [3.63, 3.8) is 0 Å². The predicted molar refractivity (Wildman–Crippen MR) is 74.3 cm³/mol. The molecule has 0 spiro atoms. The lowest BCUT2D eigenvalue weighted by Crippen LogP contribution is -2.17. The Morgan fingerprint density at radius 2 is 1.95 bits per heavy atom. The molecule has 0 bridgehead atoms. The first kappa shape index (κ1) is 13.2. The van der Waals surface area contributed by atoms with E-state index >= 15 is 0 Å². The number of imidazole rings is 1. The first-order chi connectivity index (χ1) is 10.1. The fraction of sp³-hybridized carbons (Fsp3) is 0.214.